The van der Waals surface area contributed by atoms with Crippen molar-refractivity contribution >= 4 is 22.5 Å². The van der Waals surface area contributed by atoms with E-state index in [4.69, 9.17) is 0 Å². The molecule has 0 spiro atoms. The molecule has 1 saturated carbocycles. The van der Waals surface area contributed by atoms with Crippen molar-refractivity contribution < 1.29 is 0 Å². The predicted octanol–water partition coefficient (Wildman–Crippen LogP) is 3.80. The van der Waals surface area contributed by atoms with Gasteiger partial charge in [0.05, 0.1) is 22.7 Å². The van der Waals surface area contributed by atoms with Gasteiger partial charge in [0.1, 0.15) is 0 Å². The molecule has 1 aliphatic carbocycles. The van der Waals surface area contributed by atoms with Gasteiger partial charge in [0.25, 0.3) is 0 Å². The molecule has 6 heteroatoms. The van der Waals surface area contributed by atoms with Gasteiger partial charge in [0.2, 0.25) is 5.95 Å². The summed E-state index contributed by atoms with van der Waals surface area (Å²) in [7, 11) is 0. The van der Waals surface area contributed by atoms with Gasteiger partial charge >= 0.3 is 0 Å². The van der Waals surface area contributed by atoms with E-state index in [1.165, 1.54) is 12.8 Å². The maximum Gasteiger partial charge on any atom is 0.241 e. The molecule has 1 fully saturated rings. The van der Waals surface area contributed by atoms with Crippen LogP contribution in [0.15, 0.2) is 49.1 Å². The van der Waals surface area contributed by atoms with Gasteiger partial charge in [-0.1, -0.05) is 13.0 Å². The fraction of sp³-hybridized carbons (Fsp3) is 0.300. The Labute approximate surface area is 151 Å². The fourth-order valence-corrected chi connectivity index (χ4v) is 3.83. The number of fused-ring (bicyclic) bond motifs is 2. The second kappa shape index (κ2) is 6.05. The van der Waals surface area contributed by atoms with Crippen LogP contribution in [-0.2, 0) is 0 Å². The van der Waals surface area contributed by atoms with E-state index in [0.29, 0.717) is 5.95 Å². The number of hydrogen-bond donors (Lipinski definition) is 1. The Morgan fingerprint density at radius 1 is 1.08 bits per heavy atom. The molecule has 6 nitrogen and oxygen atoms in total. The van der Waals surface area contributed by atoms with Gasteiger partial charge in [-0.25, -0.2) is 9.50 Å². The van der Waals surface area contributed by atoms with Crippen LogP contribution in [0.4, 0.5) is 5.95 Å². The van der Waals surface area contributed by atoms with E-state index >= 15 is 0 Å². The highest BCUT2D eigenvalue weighted by Crippen LogP contribution is 2.33. The maximum absolute atomic E-state index is 4.60. The maximum atomic E-state index is 4.60. The average Bonchev–Trinajstić information content (AvgIpc) is 3.07. The summed E-state index contributed by atoms with van der Waals surface area (Å²) >= 11 is 0. The Balaban J connectivity index is 1.43. The van der Waals surface area contributed by atoms with Crippen molar-refractivity contribution in [1.29, 1.82) is 0 Å². The number of nitrogens with one attached hydrogen (secondary N) is 1. The Kier molecular flexibility index (Phi) is 3.55. The van der Waals surface area contributed by atoms with Crippen LogP contribution in [-0.4, -0.2) is 31.1 Å². The van der Waals surface area contributed by atoms with Crippen molar-refractivity contribution in [2.75, 3.05) is 11.9 Å². The first-order valence-corrected chi connectivity index (χ1v) is 9.06. The third-order valence-corrected chi connectivity index (χ3v) is 5.22. The summed E-state index contributed by atoms with van der Waals surface area (Å²) in [5, 5.41) is 7.97. The first-order valence-electron chi connectivity index (χ1n) is 9.06. The van der Waals surface area contributed by atoms with Gasteiger partial charge in [-0.15, -0.1) is 5.10 Å². The molecule has 5 rings (SSSR count). The van der Waals surface area contributed by atoms with E-state index in [1.54, 1.807) is 12.4 Å². The van der Waals surface area contributed by atoms with E-state index in [-0.39, 0.29) is 0 Å². The van der Waals surface area contributed by atoms with Crippen molar-refractivity contribution in [2.24, 2.45) is 11.8 Å². The second-order valence-corrected chi connectivity index (χ2v) is 7.22. The molecular weight excluding hydrogens is 324 g/mol. The standard InChI is InChI=1S/C20H20N6/c1-13-8-14(9-13)11-23-20-24-12-19-16(4-7-26(19)25-20)15-2-3-17-18(10-15)22-6-5-21-17/h2-7,10,12-14H,8-9,11H2,1H3,(H,23,25). The highest BCUT2D eigenvalue weighted by molar-refractivity contribution is 5.86. The minimum atomic E-state index is 0.684. The number of rotatable bonds is 4. The number of hydrogen-bond acceptors (Lipinski definition) is 5. The normalized spacial score (nSPS) is 19.6. The van der Waals surface area contributed by atoms with Crippen molar-refractivity contribution in [3.8, 4) is 11.1 Å². The zero-order chi connectivity index (χ0) is 17.5. The van der Waals surface area contributed by atoms with Gasteiger partial charge < -0.3 is 5.32 Å². The molecule has 1 N–H and O–H groups in total. The number of aromatic nitrogens is 5. The summed E-state index contributed by atoms with van der Waals surface area (Å²) < 4.78 is 1.88. The monoisotopic (exact) mass is 344 g/mol. The van der Waals surface area contributed by atoms with E-state index in [0.717, 1.165) is 46.1 Å². The summed E-state index contributed by atoms with van der Waals surface area (Å²) in [6.45, 7) is 3.26. The van der Waals surface area contributed by atoms with Gasteiger partial charge in [0, 0.05) is 30.7 Å². The van der Waals surface area contributed by atoms with Crippen LogP contribution in [0.1, 0.15) is 19.8 Å². The van der Waals surface area contributed by atoms with Crippen LogP contribution in [0.25, 0.3) is 27.7 Å². The van der Waals surface area contributed by atoms with Crippen LogP contribution < -0.4 is 5.32 Å². The Bertz CT molecular complexity index is 1080. The van der Waals surface area contributed by atoms with Crippen LogP contribution in [0.5, 0.6) is 0 Å². The second-order valence-electron chi connectivity index (χ2n) is 7.22. The van der Waals surface area contributed by atoms with Crippen molar-refractivity contribution in [1.82, 2.24) is 24.6 Å². The Hall–Kier alpha value is -3.02. The molecule has 3 heterocycles. The molecule has 0 aliphatic heterocycles. The lowest BCUT2D eigenvalue weighted by molar-refractivity contribution is 0.225. The molecule has 4 aromatic rings. The molecule has 26 heavy (non-hydrogen) atoms. The summed E-state index contributed by atoms with van der Waals surface area (Å²) in [4.78, 5) is 13.2. The SMILES string of the molecule is CC1CC(CNc2ncc3c(-c4ccc5nccnc5c4)ccn3n2)C1. The fourth-order valence-electron chi connectivity index (χ4n) is 3.83. The zero-order valence-electron chi connectivity index (χ0n) is 14.6. The van der Waals surface area contributed by atoms with E-state index in [9.17, 15) is 0 Å². The minimum absolute atomic E-state index is 0.684. The Morgan fingerprint density at radius 2 is 1.92 bits per heavy atom. The molecular formula is C20H20N6. The number of benzene rings is 1. The van der Waals surface area contributed by atoms with Gasteiger partial charge in [0.15, 0.2) is 0 Å². The molecule has 1 aliphatic rings. The lowest BCUT2D eigenvalue weighted by Crippen LogP contribution is -2.28. The molecule has 130 valence electrons. The number of nitrogens with zero attached hydrogens (tertiary/aromatic N) is 5. The first-order chi connectivity index (χ1) is 12.8. The van der Waals surface area contributed by atoms with Crippen molar-refractivity contribution in [2.45, 2.75) is 19.8 Å². The lowest BCUT2D eigenvalue weighted by Gasteiger charge is -2.32. The van der Waals surface area contributed by atoms with Gasteiger partial charge in [-0.2, -0.15) is 0 Å². The summed E-state index contributed by atoms with van der Waals surface area (Å²) in [5.41, 5.74) is 4.95. The molecule has 0 atom stereocenters. The van der Waals surface area contributed by atoms with E-state index in [2.05, 4.69) is 50.5 Å². The summed E-state index contributed by atoms with van der Waals surface area (Å²) in [6.07, 6.45) is 9.89. The minimum Gasteiger partial charge on any atom is -0.353 e. The highest BCUT2D eigenvalue weighted by Gasteiger charge is 2.25. The topological polar surface area (TPSA) is 68.0 Å². The van der Waals surface area contributed by atoms with Crippen LogP contribution >= 0.6 is 0 Å². The van der Waals surface area contributed by atoms with Gasteiger partial charge in [-0.05, 0) is 48.4 Å². The Morgan fingerprint density at radius 3 is 2.77 bits per heavy atom. The predicted molar refractivity (Wildman–Crippen MR) is 102 cm³/mol. The highest BCUT2D eigenvalue weighted by atomic mass is 15.3. The van der Waals surface area contributed by atoms with Crippen molar-refractivity contribution in [3.05, 3.63) is 49.1 Å². The van der Waals surface area contributed by atoms with Gasteiger partial charge in [-0.3, -0.25) is 9.97 Å². The third-order valence-electron chi connectivity index (χ3n) is 5.22. The average molecular weight is 344 g/mol. The molecule has 0 amide bonds. The summed E-state index contributed by atoms with van der Waals surface area (Å²) in [6, 6.07) is 8.19. The van der Waals surface area contributed by atoms with Crippen molar-refractivity contribution in [3.63, 3.8) is 0 Å². The van der Waals surface area contributed by atoms with Crippen LogP contribution in [0.3, 0.4) is 0 Å². The first kappa shape index (κ1) is 15.3. The van der Waals surface area contributed by atoms with Crippen LogP contribution in [0, 0.1) is 11.8 Å². The lowest BCUT2D eigenvalue weighted by atomic mass is 9.76. The largest absolute Gasteiger partial charge is 0.353 e. The number of anilines is 1. The molecule has 1 aromatic carbocycles. The summed E-state index contributed by atoms with van der Waals surface area (Å²) in [5.74, 6) is 2.30. The molecule has 0 saturated heterocycles. The molecule has 0 bridgehead atoms. The van der Waals surface area contributed by atoms with E-state index in [1.807, 2.05) is 23.0 Å². The molecule has 0 radical (unpaired) electrons. The van der Waals surface area contributed by atoms with Crippen LogP contribution in [0.2, 0.25) is 0 Å². The zero-order valence-corrected chi connectivity index (χ0v) is 14.6. The third kappa shape index (κ3) is 2.67. The quantitative estimate of drug-likeness (QED) is 0.610. The molecule has 3 aromatic heterocycles. The van der Waals surface area contributed by atoms with E-state index < -0.39 is 0 Å². The smallest absolute Gasteiger partial charge is 0.241 e. The molecule has 0 unspecified atom stereocenters.